The highest BCUT2D eigenvalue weighted by atomic mass is 127. The van der Waals surface area contributed by atoms with Gasteiger partial charge in [-0.05, 0) is 98.3 Å². The predicted molar refractivity (Wildman–Crippen MR) is 159 cm³/mol. The van der Waals surface area contributed by atoms with Crippen LogP contribution in [0.3, 0.4) is 0 Å². The van der Waals surface area contributed by atoms with Crippen molar-refractivity contribution in [3.05, 3.63) is 93.0 Å². The van der Waals surface area contributed by atoms with Crippen molar-refractivity contribution in [2.24, 2.45) is 0 Å². The number of benzene rings is 3. The zero-order chi connectivity index (χ0) is 28.1. The molecule has 3 aromatic rings. The second kappa shape index (κ2) is 12.5. The Morgan fingerprint density at radius 1 is 0.947 bits per heavy atom. The Balaban J connectivity index is 2.03. The summed E-state index contributed by atoms with van der Waals surface area (Å²) < 4.78 is 29.5. The van der Waals surface area contributed by atoms with Gasteiger partial charge in [0.15, 0.2) is 0 Å². The van der Waals surface area contributed by atoms with E-state index in [1.165, 1.54) is 17.0 Å². The lowest BCUT2D eigenvalue weighted by Crippen LogP contribution is -2.54. The van der Waals surface area contributed by atoms with Crippen LogP contribution in [0.25, 0.3) is 0 Å². The molecule has 0 aromatic heterocycles. The van der Waals surface area contributed by atoms with Crippen LogP contribution in [0, 0.1) is 3.57 Å². The molecular formula is C28H31ClIN3O4S. The molecule has 10 heteroatoms. The van der Waals surface area contributed by atoms with E-state index in [-0.39, 0.29) is 17.3 Å². The highest BCUT2D eigenvalue weighted by Crippen LogP contribution is 2.26. The molecule has 0 aliphatic rings. The van der Waals surface area contributed by atoms with Crippen LogP contribution in [0.5, 0.6) is 0 Å². The predicted octanol–water partition coefficient (Wildman–Crippen LogP) is 5.47. The SMILES string of the molecule is C[C@@H](C(=O)NC(C)(C)C)N(Cc1ccccc1Cl)C(=O)CN(c1ccc(I)cc1)S(=O)(=O)c1ccccc1. The largest absolute Gasteiger partial charge is 0.350 e. The molecule has 2 amide bonds. The normalized spacial score (nSPS) is 12.5. The third-order valence-electron chi connectivity index (χ3n) is 5.69. The van der Waals surface area contributed by atoms with Gasteiger partial charge in [-0.25, -0.2) is 8.42 Å². The molecule has 38 heavy (non-hydrogen) atoms. The first-order valence-corrected chi connectivity index (χ1v) is 14.9. The number of sulfonamides is 1. The van der Waals surface area contributed by atoms with Crippen molar-refractivity contribution in [1.82, 2.24) is 10.2 Å². The van der Waals surface area contributed by atoms with Gasteiger partial charge in [0.25, 0.3) is 10.0 Å². The minimum Gasteiger partial charge on any atom is -0.350 e. The first-order chi connectivity index (χ1) is 17.8. The van der Waals surface area contributed by atoms with Crippen molar-refractivity contribution in [2.45, 2.75) is 50.7 Å². The van der Waals surface area contributed by atoms with E-state index >= 15 is 0 Å². The Morgan fingerprint density at radius 3 is 2.11 bits per heavy atom. The van der Waals surface area contributed by atoms with Crippen molar-refractivity contribution in [1.29, 1.82) is 0 Å². The van der Waals surface area contributed by atoms with Gasteiger partial charge in [-0.1, -0.05) is 48.0 Å². The van der Waals surface area contributed by atoms with Crippen LogP contribution in [0.2, 0.25) is 5.02 Å². The van der Waals surface area contributed by atoms with Crippen molar-refractivity contribution in [2.75, 3.05) is 10.8 Å². The van der Waals surface area contributed by atoms with E-state index in [1.807, 2.05) is 20.8 Å². The average molecular weight is 668 g/mol. The molecule has 3 rings (SSSR count). The molecular weight excluding hydrogens is 637 g/mol. The minimum absolute atomic E-state index is 0.0309. The second-order valence-electron chi connectivity index (χ2n) is 9.83. The zero-order valence-corrected chi connectivity index (χ0v) is 25.4. The number of hydrogen-bond donors (Lipinski definition) is 1. The van der Waals surface area contributed by atoms with E-state index in [0.717, 1.165) is 7.88 Å². The number of rotatable bonds is 9. The maximum absolute atomic E-state index is 13.9. The molecule has 1 N–H and O–H groups in total. The summed E-state index contributed by atoms with van der Waals surface area (Å²) in [6, 6.07) is 21.0. The van der Waals surface area contributed by atoms with Gasteiger partial charge in [0, 0.05) is 20.7 Å². The first-order valence-electron chi connectivity index (χ1n) is 12.0. The number of nitrogens with one attached hydrogen (secondary N) is 1. The number of anilines is 1. The van der Waals surface area contributed by atoms with Gasteiger partial charge in [0.05, 0.1) is 10.6 Å². The van der Waals surface area contributed by atoms with Crippen molar-refractivity contribution in [3.63, 3.8) is 0 Å². The summed E-state index contributed by atoms with van der Waals surface area (Å²) >= 11 is 8.52. The van der Waals surface area contributed by atoms with E-state index in [4.69, 9.17) is 11.6 Å². The number of hydrogen-bond acceptors (Lipinski definition) is 4. The molecule has 0 aliphatic carbocycles. The molecule has 7 nitrogen and oxygen atoms in total. The van der Waals surface area contributed by atoms with Crippen LogP contribution in [0.1, 0.15) is 33.3 Å². The third-order valence-corrected chi connectivity index (χ3v) is 8.56. The molecule has 0 aliphatic heterocycles. The molecule has 0 radical (unpaired) electrons. The topological polar surface area (TPSA) is 86.8 Å². The molecule has 0 saturated heterocycles. The molecule has 0 heterocycles. The monoisotopic (exact) mass is 667 g/mol. The van der Waals surface area contributed by atoms with Crippen molar-refractivity contribution >= 4 is 61.7 Å². The lowest BCUT2D eigenvalue weighted by atomic mass is 10.1. The fourth-order valence-corrected chi connectivity index (χ4v) is 5.71. The second-order valence-corrected chi connectivity index (χ2v) is 13.3. The Labute approximate surface area is 243 Å². The van der Waals surface area contributed by atoms with Crippen molar-refractivity contribution in [3.8, 4) is 0 Å². The first kappa shape index (κ1) is 29.9. The molecule has 3 aromatic carbocycles. The van der Waals surface area contributed by atoms with Gasteiger partial charge in [-0.2, -0.15) is 0 Å². The molecule has 202 valence electrons. The maximum atomic E-state index is 13.9. The standard InChI is InChI=1S/C28H31ClIN3O4S/c1-20(27(35)31-28(2,3)4)32(18-21-10-8-9-13-25(21)29)26(34)19-33(23-16-14-22(30)15-17-23)38(36,37)24-11-6-5-7-12-24/h5-17,20H,18-19H2,1-4H3,(H,31,35)/t20-/m0/s1. The average Bonchev–Trinajstić information content (AvgIpc) is 2.86. The summed E-state index contributed by atoms with van der Waals surface area (Å²) in [6.45, 7) is 6.70. The van der Waals surface area contributed by atoms with Crippen LogP contribution in [0.15, 0.2) is 83.8 Å². The Kier molecular flexibility index (Phi) is 9.83. The Bertz CT molecular complexity index is 1380. The fraction of sp³-hybridized carbons (Fsp3) is 0.286. The number of amides is 2. The Hall–Kier alpha value is -2.63. The quantitative estimate of drug-likeness (QED) is 0.307. The van der Waals surface area contributed by atoms with Crippen LogP contribution < -0.4 is 9.62 Å². The molecule has 0 fully saturated rings. The zero-order valence-electron chi connectivity index (χ0n) is 21.7. The maximum Gasteiger partial charge on any atom is 0.264 e. The van der Waals surface area contributed by atoms with E-state index in [9.17, 15) is 18.0 Å². The summed E-state index contributed by atoms with van der Waals surface area (Å²) in [5, 5.41) is 3.35. The van der Waals surface area contributed by atoms with E-state index in [2.05, 4.69) is 27.9 Å². The molecule has 0 saturated carbocycles. The smallest absolute Gasteiger partial charge is 0.264 e. The van der Waals surface area contributed by atoms with Crippen molar-refractivity contribution < 1.29 is 18.0 Å². The lowest BCUT2D eigenvalue weighted by Gasteiger charge is -2.33. The number of nitrogens with zero attached hydrogens (tertiary/aromatic N) is 2. The highest BCUT2D eigenvalue weighted by Gasteiger charge is 2.33. The summed E-state index contributed by atoms with van der Waals surface area (Å²) in [5.41, 5.74) is 0.464. The number of carbonyl (C=O) groups is 2. The molecule has 0 spiro atoms. The van der Waals surface area contributed by atoms with E-state index in [1.54, 1.807) is 73.7 Å². The summed E-state index contributed by atoms with van der Waals surface area (Å²) in [4.78, 5) is 28.4. The molecule has 0 unspecified atom stereocenters. The fourth-order valence-electron chi connectivity index (χ4n) is 3.72. The van der Waals surface area contributed by atoms with Gasteiger partial charge >= 0.3 is 0 Å². The summed E-state index contributed by atoms with van der Waals surface area (Å²) in [6.07, 6.45) is 0. The lowest BCUT2D eigenvalue weighted by molar-refractivity contribution is -0.140. The van der Waals surface area contributed by atoms with Gasteiger partial charge < -0.3 is 10.2 Å². The van der Waals surface area contributed by atoms with Gasteiger partial charge in [-0.15, -0.1) is 0 Å². The minimum atomic E-state index is -4.09. The Morgan fingerprint density at radius 2 is 1.53 bits per heavy atom. The highest BCUT2D eigenvalue weighted by molar-refractivity contribution is 14.1. The number of halogens is 2. The van der Waals surface area contributed by atoms with Crippen LogP contribution >= 0.6 is 34.2 Å². The van der Waals surface area contributed by atoms with Crippen LogP contribution in [-0.4, -0.2) is 43.3 Å². The molecule has 1 atom stereocenters. The van der Waals surface area contributed by atoms with Gasteiger partial charge in [0.1, 0.15) is 12.6 Å². The van der Waals surface area contributed by atoms with Crippen LogP contribution in [0.4, 0.5) is 5.69 Å². The van der Waals surface area contributed by atoms with Gasteiger partial charge in [-0.3, -0.25) is 13.9 Å². The number of carbonyl (C=O) groups excluding carboxylic acids is 2. The summed E-state index contributed by atoms with van der Waals surface area (Å²) in [5.74, 6) is -0.899. The van der Waals surface area contributed by atoms with E-state index < -0.39 is 34.1 Å². The summed E-state index contributed by atoms with van der Waals surface area (Å²) in [7, 11) is -4.09. The van der Waals surface area contributed by atoms with E-state index in [0.29, 0.717) is 16.3 Å². The third kappa shape index (κ3) is 7.70. The van der Waals surface area contributed by atoms with Gasteiger partial charge in [0.2, 0.25) is 11.8 Å². The molecule has 0 bridgehead atoms. The van der Waals surface area contributed by atoms with Crippen LogP contribution in [-0.2, 0) is 26.2 Å².